The molecule has 8 nitrogen and oxygen atoms in total. The van der Waals surface area contributed by atoms with Crippen LogP contribution in [0.3, 0.4) is 0 Å². The highest BCUT2D eigenvalue weighted by molar-refractivity contribution is 8.00. The van der Waals surface area contributed by atoms with Crippen molar-refractivity contribution >= 4 is 56.6 Å². The Morgan fingerprint density at radius 3 is 2.61 bits per heavy atom. The number of allylic oxidation sites excluding steroid dienone is 4. The van der Waals surface area contributed by atoms with Crippen LogP contribution in [0.5, 0.6) is 0 Å². The van der Waals surface area contributed by atoms with Crippen molar-refractivity contribution in [3.8, 4) is 6.07 Å². The maximum Gasteiger partial charge on any atom is 0.315 e. The minimum Gasteiger partial charge on any atom is -0.361 e. The van der Waals surface area contributed by atoms with Gasteiger partial charge in [0.2, 0.25) is 5.91 Å². The number of unbranched alkanes of at least 4 members (excludes halogenated alkanes) is 10. The van der Waals surface area contributed by atoms with Crippen molar-refractivity contribution in [3.63, 3.8) is 0 Å². The van der Waals surface area contributed by atoms with E-state index in [1.54, 1.807) is 0 Å². The lowest BCUT2D eigenvalue weighted by Gasteiger charge is -2.18. The molecule has 2 aliphatic rings. The van der Waals surface area contributed by atoms with E-state index in [0.29, 0.717) is 23.2 Å². The van der Waals surface area contributed by atoms with Gasteiger partial charge in [-0.05, 0) is 93.9 Å². The molecule has 3 amide bonds. The first kappa shape index (κ1) is 42.1. The Balaban J connectivity index is 0.976. The number of anilines is 1. The summed E-state index contributed by atoms with van der Waals surface area (Å²) in [7, 11) is 0. The number of hydrogen-bond donors (Lipinski definition) is 4. The summed E-state index contributed by atoms with van der Waals surface area (Å²) in [6.07, 6.45) is 30.5. The van der Waals surface area contributed by atoms with Crippen molar-refractivity contribution in [2.45, 2.75) is 146 Å². The molecule has 2 fully saturated rings. The predicted octanol–water partition coefficient (Wildman–Crippen LogP) is 12.1. The number of carbonyl (C=O) groups is 2. The number of nitrogens with zero attached hydrogens (tertiary/aromatic N) is 2. The van der Waals surface area contributed by atoms with Gasteiger partial charge >= 0.3 is 6.03 Å². The van der Waals surface area contributed by atoms with Gasteiger partial charge in [-0.25, -0.2) is 4.79 Å². The molecule has 4 atom stereocenters. The van der Waals surface area contributed by atoms with E-state index < -0.39 is 0 Å². The van der Waals surface area contributed by atoms with Gasteiger partial charge in [-0.2, -0.15) is 17.0 Å². The molecule has 0 radical (unpaired) electrons. The Kier molecular flexibility index (Phi) is 16.5. The van der Waals surface area contributed by atoms with Gasteiger partial charge < -0.3 is 20.9 Å². The van der Waals surface area contributed by atoms with Gasteiger partial charge in [0.25, 0.3) is 0 Å². The summed E-state index contributed by atoms with van der Waals surface area (Å²) in [4.78, 5) is 32.8. The molecule has 0 bridgehead atoms. The number of pyridine rings is 1. The first-order valence-corrected chi connectivity index (χ1v) is 22.8. The Morgan fingerprint density at radius 2 is 1.74 bits per heavy atom. The molecule has 2 aromatic carbocycles. The number of hydrogen-bond acceptors (Lipinski definition) is 5. The second-order valence-electron chi connectivity index (χ2n) is 16.0. The lowest BCUT2D eigenvalue weighted by molar-refractivity contribution is -0.116. The third-order valence-corrected chi connectivity index (χ3v) is 13.2. The number of nitriles is 1. The van der Waals surface area contributed by atoms with Gasteiger partial charge in [-0.15, -0.1) is 0 Å². The summed E-state index contributed by atoms with van der Waals surface area (Å²) in [5.74, 6) is 1.34. The normalized spacial score (nSPS) is 18.5. The molecule has 9 heteroatoms. The van der Waals surface area contributed by atoms with Crippen molar-refractivity contribution in [2.75, 3.05) is 11.1 Å². The summed E-state index contributed by atoms with van der Waals surface area (Å²) in [5, 5.41) is 23.2. The van der Waals surface area contributed by atoms with Gasteiger partial charge in [0.1, 0.15) is 0 Å². The van der Waals surface area contributed by atoms with Crippen LogP contribution in [0.25, 0.3) is 27.2 Å². The van der Waals surface area contributed by atoms with E-state index in [9.17, 15) is 14.9 Å². The highest BCUT2D eigenvalue weighted by atomic mass is 32.2. The Hall–Kier alpha value is -4.55. The standard InChI is InChI=1S/C48H62N6O2S/c1-2-3-4-5-6-7-8-9-10-11-13-21-36(46-39-24-17-16-20-35(39)29-30-50-46)22-14-12-15-23-37(32-49)41-33-51-42-28-27-38(31-40(41)42)52-45(55)26-19-18-25-44-47-43(34-57-44)53-48(56)54-47/h9-10,16-17,20,23-24,27-31,33,36,43-44,47,51H,2-8,11-15,18-19,21-22,25-26,34H2,1H3,(H,52,55)(H2,53,54,56)/b10-9-,37-23+/t36?,43-,44-,47-/m0/s1. The first-order chi connectivity index (χ1) is 28.0. The van der Waals surface area contributed by atoms with Crippen LogP contribution in [0, 0.1) is 11.3 Å². The SMILES string of the molecule is CCCCCCCC/C=C\CCCC(CCCC/C=C(\C#N)c1c[nH]c2ccc(NC(=O)CCCC[C@@H]3SC[C@@H]4NC(=O)N[C@@H]43)cc12)c1nccc2ccccc12. The molecule has 4 heterocycles. The fraction of sp³-hybridized carbons (Fsp3) is 0.500. The molecule has 6 rings (SSSR count). The number of aromatic amines is 1. The third-order valence-electron chi connectivity index (χ3n) is 11.7. The fourth-order valence-corrected chi connectivity index (χ4v) is 10.1. The van der Waals surface area contributed by atoms with E-state index in [1.165, 1.54) is 61.4 Å². The zero-order valence-electron chi connectivity index (χ0n) is 33.9. The van der Waals surface area contributed by atoms with Crippen LogP contribution in [0.2, 0.25) is 0 Å². The number of urea groups is 1. The third kappa shape index (κ3) is 12.2. The van der Waals surface area contributed by atoms with Gasteiger partial charge in [0, 0.05) is 63.3 Å². The minimum atomic E-state index is -0.0625. The predicted molar refractivity (Wildman–Crippen MR) is 238 cm³/mol. The Bertz CT molecular complexity index is 2010. The maximum atomic E-state index is 12.9. The highest BCUT2D eigenvalue weighted by Gasteiger charge is 2.42. The lowest BCUT2D eigenvalue weighted by atomic mass is 9.89. The zero-order valence-corrected chi connectivity index (χ0v) is 34.7. The number of H-pyrrole nitrogens is 1. The summed E-state index contributed by atoms with van der Waals surface area (Å²) in [5.41, 5.74) is 4.42. The molecule has 2 aliphatic heterocycles. The number of thioether (sulfide) groups is 1. The van der Waals surface area contributed by atoms with Gasteiger partial charge in [0.15, 0.2) is 0 Å². The molecule has 0 spiro atoms. The topological polar surface area (TPSA) is 123 Å². The van der Waals surface area contributed by atoms with Crippen molar-refractivity contribution < 1.29 is 9.59 Å². The number of nitrogens with one attached hydrogen (secondary N) is 4. The molecule has 57 heavy (non-hydrogen) atoms. The smallest absolute Gasteiger partial charge is 0.315 e. The van der Waals surface area contributed by atoms with Gasteiger partial charge in [-0.1, -0.05) is 94.4 Å². The van der Waals surface area contributed by atoms with Crippen LogP contribution >= 0.6 is 11.8 Å². The molecule has 2 saturated heterocycles. The second kappa shape index (κ2) is 22.4. The zero-order chi connectivity index (χ0) is 39.7. The van der Waals surface area contributed by atoms with Crippen LogP contribution < -0.4 is 16.0 Å². The van der Waals surface area contributed by atoms with Crippen molar-refractivity contribution in [1.82, 2.24) is 20.6 Å². The highest BCUT2D eigenvalue weighted by Crippen LogP contribution is 2.34. The van der Waals surface area contributed by atoms with Crippen LogP contribution in [0.4, 0.5) is 10.5 Å². The fourth-order valence-electron chi connectivity index (χ4n) is 8.56. The van der Waals surface area contributed by atoms with E-state index >= 15 is 0 Å². The quantitative estimate of drug-likeness (QED) is 0.0244. The van der Waals surface area contributed by atoms with Crippen LogP contribution in [0.15, 0.2) is 79.2 Å². The van der Waals surface area contributed by atoms with Crippen LogP contribution in [0.1, 0.15) is 140 Å². The molecule has 2 aromatic heterocycles. The van der Waals surface area contributed by atoms with E-state index in [4.69, 9.17) is 4.98 Å². The van der Waals surface area contributed by atoms with Crippen molar-refractivity contribution in [2.24, 2.45) is 0 Å². The Morgan fingerprint density at radius 1 is 0.930 bits per heavy atom. The Labute approximate surface area is 344 Å². The monoisotopic (exact) mass is 786 g/mol. The minimum absolute atomic E-state index is 0.00719. The van der Waals surface area contributed by atoms with E-state index in [1.807, 2.05) is 42.4 Å². The molecule has 1 unspecified atom stereocenters. The maximum absolute atomic E-state index is 12.9. The summed E-state index contributed by atoms with van der Waals surface area (Å²) in [6.45, 7) is 2.27. The largest absolute Gasteiger partial charge is 0.361 e. The second-order valence-corrected chi connectivity index (χ2v) is 17.2. The summed E-state index contributed by atoms with van der Waals surface area (Å²) in [6, 6.07) is 19.4. The van der Waals surface area contributed by atoms with Gasteiger partial charge in [0.05, 0.1) is 29.4 Å². The number of fused-ring (bicyclic) bond motifs is 3. The summed E-state index contributed by atoms with van der Waals surface area (Å²) >= 11 is 1.91. The average molecular weight is 787 g/mol. The van der Waals surface area contributed by atoms with Crippen molar-refractivity contribution in [1.29, 1.82) is 5.26 Å². The van der Waals surface area contributed by atoms with E-state index in [0.717, 1.165) is 92.1 Å². The van der Waals surface area contributed by atoms with Crippen LogP contribution in [-0.4, -0.2) is 45.0 Å². The van der Waals surface area contributed by atoms with E-state index in [2.05, 4.69) is 82.5 Å². The van der Waals surface area contributed by atoms with Crippen molar-refractivity contribution in [3.05, 3.63) is 90.4 Å². The van der Waals surface area contributed by atoms with Gasteiger partial charge in [-0.3, -0.25) is 9.78 Å². The molecule has 302 valence electrons. The number of amides is 3. The molecular formula is C48H62N6O2S. The number of benzene rings is 2. The lowest BCUT2D eigenvalue weighted by Crippen LogP contribution is -2.36. The molecule has 4 aromatic rings. The van der Waals surface area contributed by atoms with E-state index in [-0.39, 0.29) is 24.0 Å². The van der Waals surface area contributed by atoms with Crippen LogP contribution in [-0.2, 0) is 4.79 Å². The number of aromatic nitrogens is 2. The summed E-state index contributed by atoms with van der Waals surface area (Å²) < 4.78 is 0. The number of rotatable bonds is 24. The molecule has 0 saturated carbocycles. The first-order valence-electron chi connectivity index (χ1n) is 21.7. The molecular weight excluding hydrogens is 725 g/mol. The average Bonchev–Trinajstić information content (AvgIpc) is 3.93. The molecule has 4 N–H and O–H groups in total. The molecule has 0 aliphatic carbocycles. The number of carbonyl (C=O) groups excluding carboxylic acids is 2.